The summed E-state index contributed by atoms with van der Waals surface area (Å²) in [6.07, 6.45) is 3.24. The van der Waals surface area contributed by atoms with Crippen molar-refractivity contribution in [3.8, 4) is 5.75 Å². The Labute approximate surface area is 234 Å². The van der Waals surface area contributed by atoms with Crippen LogP contribution in [-0.4, -0.2) is 27.4 Å². The zero-order chi connectivity index (χ0) is 27.4. The van der Waals surface area contributed by atoms with E-state index in [9.17, 15) is 14.9 Å². The lowest BCUT2D eigenvalue weighted by Gasteiger charge is -2.13. The van der Waals surface area contributed by atoms with Crippen molar-refractivity contribution in [3.63, 3.8) is 0 Å². The van der Waals surface area contributed by atoms with Gasteiger partial charge in [-0.15, -0.1) is 6.58 Å². The van der Waals surface area contributed by atoms with E-state index in [1.807, 2.05) is 54.6 Å². The second-order valence-corrected chi connectivity index (χ2v) is 10.1. The molecule has 1 amide bonds. The van der Waals surface area contributed by atoms with Gasteiger partial charge in [-0.25, -0.2) is 4.99 Å². The number of nitrogens with zero attached hydrogens (tertiary/aromatic N) is 3. The number of amides is 1. The van der Waals surface area contributed by atoms with E-state index >= 15 is 0 Å². The number of halogens is 1. The summed E-state index contributed by atoms with van der Waals surface area (Å²) in [6.45, 7) is 4.25. The van der Waals surface area contributed by atoms with E-state index < -0.39 is 4.92 Å². The molecule has 194 valence electrons. The molecule has 0 aromatic heterocycles. The molecule has 0 unspecified atom stereocenters. The summed E-state index contributed by atoms with van der Waals surface area (Å²) < 4.78 is 6.00. The molecule has 9 heteroatoms. The molecule has 1 saturated heterocycles. The van der Waals surface area contributed by atoms with E-state index in [1.165, 1.54) is 34.9 Å². The van der Waals surface area contributed by atoms with Gasteiger partial charge in [0.25, 0.3) is 11.6 Å². The lowest BCUT2D eigenvalue weighted by Crippen LogP contribution is -2.29. The van der Waals surface area contributed by atoms with Crippen LogP contribution in [-0.2, 0) is 11.4 Å². The topological polar surface area (TPSA) is 85.0 Å². The Balaban J connectivity index is 1.52. The Morgan fingerprint density at radius 1 is 1.05 bits per heavy atom. The van der Waals surface area contributed by atoms with Gasteiger partial charge in [-0.3, -0.25) is 19.8 Å². The van der Waals surface area contributed by atoms with Crippen LogP contribution in [0.15, 0.2) is 107 Å². The molecule has 4 aromatic rings. The number of nitro benzene ring substituents is 1. The molecule has 1 heterocycles. The first-order valence-corrected chi connectivity index (χ1v) is 13.2. The maximum Gasteiger partial charge on any atom is 0.270 e. The minimum absolute atomic E-state index is 0.111. The summed E-state index contributed by atoms with van der Waals surface area (Å²) in [5, 5.41) is 14.6. The molecule has 0 bridgehead atoms. The summed E-state index contributed by atoms with van der Waals surface area (Å²) in [5.41, 5.74) is 1.87. The van der Waals surface area contributed by atoms with Crippen molar-refractivity contribution in [2.75, 3.05) is 6.54 Å². The summed E-state index contributed by atoms with van der Waals surface area (Å²) in [4.78, 5) is 31.2. The summed E-state index contributed by atoms with van der Waals surface area (Å²) in [6, 6.07) is 25.3. The molecule has 0 N–H and O–H groups in total. The predicted octanol–water partition coefficient (Wildman–Crippen LogP) is 7.77. The van der Waals surface area contributed by atoms with Crippen LogP contribution in [0.5, 0.6) is 5.75 Å². The number of rotatable bonds is 8. The van der Waals surface area contributed by atoms with Gasteiger partial charge in [-0.05, 0) is 53.1 Å². The number of nitro groups is 1. The van der Waals surface area contributed by atoms with Crippen molar-refractivity contribution in [3.05, 3.63) is 129 Å². The fourth-order valence-corrected chi connectivity index (χ4v) is 5.32. The third-order valence-corrected chi connectivity index (χ3v) is 7.20. The molecule has 0 saturated carbocycles. The molecule has 0 radical (unpaired) electrons. The van der Waals surface area contributed by atoms with E-state index in [1.54, 1.807) is 24.3 Å². The lowest BCUT2D eigenvalue weighted by molar-refractivity contribution is -0.384. The number of hydrogen-bond acceptors (Lipinski definition) is 6. The summed E-state index contributed by atoms with van der Waals surface area (Å²) in [5.74, 6) is 0.127. The first-order valence-electron chi connectivity index (χ1n) is 12.0. The number of non-ortho nitro benzene ring substituents is 1. The second-order valence-electron chi connectivity index (χ2n) is 8.61. The molecular weight excluding hydrogens is 534 g/mol. The van der Waals surface area contributed by atoms with Crippen LogP contribution in [0.1, 0.15) is 11.1 Å². The largest absolute Gasteiger partial charge is 0.488 e. The molecule has 0 aliphatic carbocycles. The first kappa shape index (κ1) is 26.2. The fourth-order valence-electron chi connectivity index (χ4n) is 4.11. The van der Waals surface area contributed by atoms with Crippen LogP contribution in [0.25, 0.3) is 16.8 Å². The Morgan fingerprint density at radius 3 is 2.64 bits per heavy atom. The highest BCUT2D eigenvalue weighted by Crippen LogP contribution is 2.37. The molecule has 5 rings (SSSR count). The Bertz CT molecular complexity index is 1660. The highest BCUT2D eigenvalue weighted by atomic mass is 35.5. The van der Waals surface area contributed by atoms with Gasteiger partial charge in [-0.1, -0.05) is 66.2 Å². The normalized spacial score (nSPS) is 15.3. The third kappa shape index (κ3) is 5.87. The third-order valence-electron chi connectivity index (χ3n) is 5.96. The van der Waals surface area contributed by atoms with Crippen LogP contribution in [0, 0.1) is 10.1 Å². The van der Waals surface area contributed by atoms with Crippen molar-refractivity contribution in [2.45, 2.75) is 6.61 Å². The van der Waals surface area contributed by atoms with Crippen molar-refractivity contribution < 1.29 is 14.5 Å². The predicted molar refractivity (Wildman–Crippen MR) is 157 cm³/mol. The standard InChI is InChI=1S/C30H22ClN3O4S/c1-2-15-33-29(35)28(39-30(33)32-26-12-6-9-21-8-3-4-11-25(21)26)18-22-17-24(34(36)37)13-14-27(22)38-19-20-7-5-10-23(31)16-20/h2-14,16-18H,1,15,19H2. The van der Waals surface area contributed by atoms with Gasteiger partial charge in [0.05, 0.1) is 15.5 Å². The summed E-state index contributed by atoms with van der Waals surface area (Å²) >= 11 is 7.28. The van der Waals surface area contributed by atoms with Gasteiger partial charge in [0.15, 0.2) is 5.17 Å². The van der Waals surface area contributed by atoms with Crippen molar-refractivity contribution in [1.29, 1.82) is 0 Å². The maximum absolute atomic E-state index is 13.4. The second kappa shape index (κ2) is 11.6. The van der Waals surface area contributed by atoms with Crippen molar-refractivity contribution in [1.82, 2.24) is 4.90 Å². The number of ether oxygens (including phenoxy) is 1. The average Bonchev–Trinajstić information content (AvgIpc) is 3.21. The number of hydrogen-bond donors (Lipinski definition) is 0. The van der Waals surface area contributed by atoms with Crippen LogP contribution in [0.4, 0.5) is 11.4 Å². The van der Waals surface area contributed by atoms with Crippen LogP contribution >= 0.6 is 23.4 Å². The number of carbonyl (C=O) groups excluding carboxylic acids is 1. The van der Waals surface area contributed by atoms with Crippen LogP contribution in [0.3, 0.4) is 0 Å². The molecule has 0 spiro atoms. The average molecular weight is 556 g/mol. The number of benzene rings is 4. The van der Waals surface area contributed by atoms with E-state index in [-0.39, 0.29) is 24.7 Å². The minimum Gasteiger partial charge on any atom is -0.488 e. The van der Waals surface area contributed by atoms with Crippen LogP contribution in [0.2, 0.25) is 5.02 Å². The van der Waals surface area contributed by atoms with Gasteiger partial charge in [0, 0.05) is 34.6 Å². The lowest BCUT2D eigenvalue weighted by atomic mass is 10.1. The summed E-state index contributed by atoms with van der Waals surface area (Å²) in [7, 11) is 0. The Hall–Kier alpha value is -4.40. The molecule has 39 heavy (non-hydrogen) atoms. The minimum atomic E-state index is -0.482. The molecular formula is C30H22ClN3O4S. The molecule has 0 atom stereocenters. The monoisotopic (exact) mass is 555 g/mol. The molecule has 4 aromatic carbocycles. The van der Waals surface area contributed by atoms with E-state index in [0.29, 0.717) is 26.4 Å². The smallest absolute Gasteiger partial charge is 0.270 e. The van der Waals surface area contributed by atoms with E-state index in [2.05, 4.69) is 6.58 Å². The number of aliphatic imine (C=N–C) groups is 1. The van der Waals surface area contributed by atoms with Gasteiger partial charge in [-0.2, -0.15) is 0 Å². The number of fused-ring (bicyclic) bond motifs is 1. The Kier molecular flexibility index (Phi) is 7.76. The van der Waals surface area contributed by atoms with E-state index in [0.717, 1.165) is 22.0 Å². The maximum atomic E-state index is 13.4. The van der Waals surface area contributed by atoms with Gasteiger partial charge in [0.2, 0.25) is 0 Å². The molecule has 1 aliphatic rings. The number of carbonyl (C=O) groups is 1. The highest BCUT2D eigenvalue weighted by molar-refractivity contribution is 8.18. The van der Waals surface area contributed by atoms with Gasteiger partial charge in [0.1, 0.15) is 12.4 Å². The Morgan fingerprint density at radius 2 is 1.85 bits per heavy atom. The number of thioether (sulfide) groups is 1. The van der Waals surface area contributed by atoms with Gasteiger partial charge >= 0.3 is 0 Å². The number of amidine groups is 1. The van der Waals surface area contributed by atoms with Crippen molar-refractivity contribution >= 4 is 62.7 Å². The molecule has 1 fully saturated rings. The quantitative estimate of drug-likeness (QED) is 0.0959. The molecule has 1 aliphatic heterocycles. The first-order chi connectivity index (χ1) is 18.9. The SMILES string of the molecule is C=CCN1C(=O)C(=Cc2cc([N+](=O)[O-])ccc2OCc2cccc(Cl)c2)SC1=Nc1cccc2ccccc12. The zero-order valence-corrected chi connectivity index (χ0v) is 22.2. The van der Waals surface area contributed by atoms with Gasteiger partial charge < -0.3 is 4.74 Å². The molecule has 7 nitrogen and oxygen atoms in total. The highest BCUT2D eigenvalue weighted by Gasteiger charge is 2.33. The zero-order valence-electron chi connectivity index (χ0n) is 20.6. The van der Waals surface area contributed by atoms with E-state index in [4.69, 9.17) is 21.3 Å². The van der Waals surface area contributed by atoms with Crippen molar-refractivity contribution in [2.24, 2.45) is 4.99 Å². The fraction of sp³-hybridized carbons (Fsp3) is 0.0667. The van der Waals surface area contributed by atoms with Crippen LogP contribution < -0.4 is 4.74 Å².